The summed E-state index contributed by atoms with van der Waals surface area (Å²) in [6.45, 7) is 3.78. The molecule has 0 fully saturated rings. The molecule has 0 saturated heterocycles. The minimum Gasteiger partial charge on any atom is -0.457 e. The van der Waals surface area contributed by atoms with E-state index in [-0.39, 0.29) is 41.3 Å². The van der Waals surface area contributed by atoms with Gasteiger partial charge in [-0.15, -0.1) is 0 Å². The molecule has 0 radical (unpaired) electrons. The van der Waals surface area contributed by atoms with Crippen molar-refractivity contribution in [2.24, 2.45) is 11.1 Å². The summed E-state index contributed by atoms with van der Waals surface area (Å²) < 4.78 is 50.6. The Hall–Kier alpha value is -3.55. The quantitative estimate of drug-likeness (QED) is 0.606. The number of Topliss-reactive ketones (excluding diaryl/α,β-unsaturated/α-hetero) is 1. The van der Waals surface area contributed by atoms with Crippen LogP contribution in [0.4, 0.5) is 13.2 Å². The average Bonchev–Trinajstić information content (AvgIpc) is 2.76. The van der Waals surface area contributed by atoms with Crippen LogP contribution in [0.3, 0.4) is 0 Å². The molecule has 1 aliphatic heterocycles. The third-order valence-electron chi connectivity index (χ3n) is 5.96. The van der Waals surface area contributed by atoms with Gasteiger partial charge in [0.25, 0.3) is 0 Å². The first-order valence-electron chi connectivity index (χ1n) is 10.8. The van der Waals surface area contributed by atoms with Crippen LogP contribution in [0.15, 0.2) is 77.4 Å². The van der Waals surface area contributed by atoms with Crippen molar-refractivity contribution in [2.45, 2.75) is 45.4 Å². The molecule has 1 heterocycles. The topological polar surface area (TPSA) is 78.6 Å². The number of carbonyl (C=O) groups excluding carboxylic acids is 2. The van der Waals surface area contributed by atoms with Crippen LogP contribution in [0.5, 0.6) is 0 Å². The Bertz CT molecular complexity index is 1180. The number of allylic oxidation sites excluding steroid dienone is 2. The van der Waals surface area contributed by atoms with Crippen molar-refractivity contribution in [1.82, 2.24) is 0 Å². The molecule has 0 bridgehead atoms. The molecule has 2 aromatic carbocycles. The lowest BCUT2D eigenvalue weighted by atomic mass is 9.70. The molecule has 0 amide bonds. The highest BCUT2D eigenvalue weighted by Crippen LogP contribution is 2.48. The van der Waals surface area contributed by atoms with Gasteiger partial charge < -0.3 is 15.2 Å². The van der Waals surface area contributed by atoms with E-state index < -0.39 is 23.6 Å². The third-order valence-corrected chi connectivity index (χ3v) is 5.96. The first kappa shape index (κ1) is 23.6. The van der Waals surface area contributed by atoms with Crippen LogP contribution in [0, 0.1) is 5.41 Å². The van der Waals surface area contributed by atoms with E-state index in [1.54, 1.807) is 24.3 Å². The van der Waals surface area contributed by atoms with Crippen LogP contribution in [0.2, 0.25) is 0 Å². The van der Waals surface area contributed by atoms with Crippen molar-refractivity contribution in [3.63, 3.8) is 0 Å². The van der Waals surface area contributed by atoms with E-state index in [0.717, 1.165) is 17.7 Å². The van der Waals surface area contributed by atoms with E-state index in [1.807, 2.05) is 19.9 Å². The summed E-state index contributed by atoms with van der Waals surface area (Å²) in [4.78, 5) is 26.3. The van der Waals surface area contributed by atoms with Crippen LogP contribution in [0.25, 0.3) is 0 Å². The van der Waals surface area contributed by atoms with E-state index >= 15 is 0 Å². The smallest absolute Gasteiger partial charge is 0.416 e. The number of hydrogen-bond donors (Lipinski definition) is 1. The summed E-state index contributed by atoms with van der Waals surface area (Å²) in [5.74, 6) is -1.90. The summed E-state index contributed by atoms with van der Waals surface area (Å²) in [5, 5.41) is 0. The van der Waals surface area contributed by atoms with Crippen LogP contribution < -0.4 is 5.73 Å². The van der Waals surface area contributed by atoms with Crippen LogP contribution >= 0.6 is 0 Å². The highest BCUT2D eigenvalue weighted by atomic mass is 19.4. The first-order chi connectivity index (χ1) is 16.0. The number of ketones is 1. The van der Waals surface area contributed by atoms with E-state index in [0.29, 0.717) is 17.7 Å². The zero-order chi connectivity index (χ0) is 24.7. The minimum absolute atomic E-state index is 0.0386. The largest absolute Gasteiger partial charge is 0.457 e. The standard InChI is InChI=1S/C26H24F3NO4/c1-25(2)12-18(31)21-19(13-25)34-23(30)22(24(32)33-14-15-6-4-3-5-7-15)20(21)16-8-10-17(11-9-16)26(27,28)29/h3-11,20H,12-14,30H2,1-2H3/t20-/m0/s1. The fourth-order valence-electron chi connectivity index (χ4n) is 4.38. The second-order valence-electron chi connectivity index (χ2n) is 9.27. The summed E-state index contributed by atoms with van der Waals surface area (Å²) in [5.41, 5.74) is 6.14. The Balaban J connectivity index is 1.75. The Kier molecular flexibility index (Phi) is 6.02. The summed E-state index contributed by atoms with van der Waals surface area (Å²) in [7, 11) is 0. The lowest BCUT2D eigenvalue weighted by molar-refractivity contribution is -0.141. The summed E-state index contributed by atoms with van der Waals surface area (Å²) >= 11 is 0. The second-order valence-corrected chi connectivity index (χ2v) is 9.27. The Morgan fingerprint density at radius 1 is 1.09 bits per heavy atom. The van der Waals surface area contributed by atoms with Gasteiger partial charge in [0.05, 0.1) is 11.5 Å². The maximum absolute atomic E-state index is 13.2. The highest BCUT2D eigenvalue weighted by molar-refractivity contribution is 6.03. The van der Waals surface area contributed by atoms with Gasteiger partial charge in [0, 0.05) is 18.4 Å². The number of alkyl halides is 3. The normalized spacial score (nSPS) is 20.0. The minimum atomic E-state index is -4.52. The van der Waals surface area contributed by atoms with E-state index in [2.05, 4.69) is 0 Å². The number of esters is 1. The zero-order valence-corrected chi connectivity index (χ0v) is 18.7. The van der Waals surface area contributed by atoms with Gasteiger partial charge in [0.2, 0.25) is 5.88 Å². The monoisotopic (exact) mass is 471 g/mol. The molecular weight excluding hydrogens is 447 g/mol. The summed E-state index contributed by atoms with van der Waals surface area (Å²) in [6, 6.07) is 13.3. The van der Waals surface area contributed by atoms with Gasteiger partial charge in [-0.2, -0.15) is 13.2 Å². The molecule has 0 unspecified atom stereocenters. The molecule has 1 aliphatic carbocycles. The molecule has 2 N–H and O–H groups in total. The first-order valence-corrected chi connectivity index (χ1v) is 10.8. The number of hydrogen-bond acceptors (Lipinski definition) is 5. The fraction of sp³-hybridized carbons (Fsp3) is 0.308. The molecule has 2 aromatic rings. The Morgan fingerprint density at radius 2 is 1.74 bits per heavy atom. The number of rotatable bonds is 4. The third kappa shape index (κ3) is 4.71. The van der Waals surface area contributed by atoms with Crippen LogP contribution in [-0.2, 0) is 31.8 Å². The lowest BCUT2D eigenvalue weighted by Crippen LogP contribution is -2.35. The van der Waals surface area contributed by atoms with Crippen molar-refractivity contribution in [3.8, 4) is 0 Å². The number of nitrogens with two attached hydrogens (primary N) is 1. The van der Waals surface area contributed by atoms with Crippen molar-refractivity contribution in [2.75, 3.05) is 0 Å². The van der Waals surface area contributed by atoms with Crippen molar-refractivity contribution < 1.29 is 32.2 Å². The Morgan fingerprint density at radius 3 is 2.35 bits per heavy atom. The molecule has 4 rings (SSSR count). The van der Waals surface area contributed by atoms with Crippen molar-refractivity contribution in [3.05, 3.63) is 94.1 Å². The van der Waals surface area contributed by atoms with Gasteiger partial charge in [-0.05, 0) is 28.7 Å². The maximum atomic E-state index is 13.2. The molecule has 178 valence electrons. The number of ether oxygens (including phenoxy) is 2. The van der Waals surface area contributed by atoms with E-state index in [4.69, 9.17) is 15.2 Å². The molecule has 8 heteroatoms. The van der Waals surface area contributed by atoms with Crippen LogP contribution in [0.1, 0.15) is 49.3 Å². The predicted molar refractivity (Wildman–Crippen MR) is 118 cm³/mol. The van der Waals surface area contributed by atoms with Crippen molar-refractivity contribution >= 4 is 11.8 Å². The molecule has 0 spiro atoms. The molecular formula is C26H24F3NO4. The predicted octanol–water partition coefficient (Wildman–Crippen LogP) is 5.38. The van der Waals surface area contributed by atoms with E-state index in [1.165, 1.54) is 12.1 Å². The van der Waals surface area contributed by atoms with Gasteiger partial charge in [-0.25, -0.2) is 4.79 Å². The number of benzene rings is 2. The fourth-order valence-corrected chi connectivity index (χ4v) is 4.38. The maximum Gasteiger partial charge on any atom is 0.416 e. The molecule has 34 heavy (non-hydrogen) atoms. The highest BCUT2D eigenvalue weighted by Gasteiger charge is 2.45. The van der Waals surface area contributed by atoms with Gasteiger partial charge in [0.15, 0.2) is 5.78 Å². The summed E-state index contributed by atoms with van der Waals surface area (Å²) in [6.07, 6.45) is -3.91. The number of carbonyl (C=O) groups is 2. The Labute approximate surface area is 195 Å². The molecule has 2 aliphatic rings. The lowest BCUT2D eigenvalue weighted by Gasteiger charge is -2.38. The molecule has 0 aromatic heterocycles. The molecule has 1 atom stereocenters. The zero-order valence-electron chi connectivity index (χ0n) is 18.7. The van der Waals surface area contributed by atoms with Gasteiger partial charge in [0.1, 0.15) is 17.9 Å². The van der Waals surface area contributed by atoms with Gasteiger partial charge in [-0.3, -0.25) is 4.79 Å². The average molecular weight is 471 g/mol. The van der Waals surface area contributed by atoms with Crippen LogP contribution in [-0.4, -0.2) is 11.8 Å². The van der Waals surface area contributed by atoms with Gasteiger partial charge >= 0.3 is 12.1 Å². The van der Waals surface area contributed by atoms with E-state index in [9.17, 15) is 22.8 Å². The molecule has 0 saturated carbocycles. The second kappa shape index (κ2) is 8.66. The molecule has 5 nitrogen and oxygen atoms in total. The van der Waals surface area contributed by atoms with Crippen molar-refractivity contribution in [1.29, 1.82) is 0 Å². The number of halogens is 3. The SMILES string of the molecule is CC1(C)CC(=O)C2=C(C1)OC(N)=C(C(=O)OCc1ccccc1)[C@H]2c1ccc(C(F)(F)F)cc1. The van der Waals surface area contributed by atoms with Gasteiger partial charge in [-0.1, -0.05) is 56.3 Å².